The van der Waals surface area contributed by atoms with Crippen LogP contribution in [0.3, 0.4) is 0 Å². The molecule has 0 fully saturated rings. The molecule has 1 atom stereocenters. The average molecular weight is 151 g/mol. The molecule has 0 spiro atoms. The normalized spacial score (nSPS) is 16.7. The molecule has 0 amide bonds. The summed E-state index contributed by atoms with van der Waals surface area (Å²) in [4.78, 5) is 0. The largest absolute Gasteiger partial charge is 0.413 e. The number of thiol groups is 1. The molecule has 1 unspecified atom stereocenters. The molecule has 44 valence electrons. The zero-order chi connectivity index (χ0) is 6.08. The first-order valence-corrected chi connectivity index (χ1v) is 2.28. The first kappa shape index (κ1) is 7.43. The number of hydrogen-bond donors (Lipinski definition) is 1. The van der Waals surface area contributed by atoms with E-state index in [4.69, 9.17) is 0 Å². The summed E-state index contributed by atoms with van der Waals surface area (Å²) >= 11 is 7.41. The Morgan fingerprint density at radius 3 is 1.57 bits per heavy atom. The predicted molar refractivity (Wildman–Crippen MR) is 24.7 cm³/mol. The maximum absolute atomic E-state index is 11.0. The van der Waals surface area contributed by atoms with Crippen LogP contribution in [0.5, 0.6) is 0 Å². The first-order valence-electron chi connectivity index (χ1n) is 1.33. The Labute approximate surface area is 49.1 Å². The van der Waals surface area contributed by atoms with Crippen LogP contribution in [0.4, 0.5) is 13.2 Å². The van der Waals surface area contributed by atoms with E-state index in [0.29, 0.717) is 0 Å². The van der Waals surface area contributed by atoms with Crippen LogP contribution in [0.1, 0.15) is 0 Å². The van der Waals surface area contributed by atoms with Crippen molar-refractivity contribution in [2.75, 3.05) is 0 Å². The number of hydrogen-bond acceptors (Lipinski definition) is 1. The zero-order valence-corrected chi connectivity index (χ0v) is 4.69. The molecule has 0 heterocycles. The van der Waals surface area contributed by atoms with Gasteiger partial charge in [0.05, 0.1) is 0 Å². The Balaban J connectivity index is 3.54. The van der Waals surface area contributed by atoms with Crippen LogP contribution in [-0.2, 0) is 0 Å². The summed E-state index contributed by atoms with van der Waals surface area (Å²) in [5.74, 6) is 0. The molecule has 0 bridgehead atoms. The zero-order valence-electron chi connectivity index (χ0n) is 3.04. The number of rotatable bonds is 0. The monoisotopic (exact) mass is 150 g/mol. The van der Waals surface area contributed by atoms with E-state index in [1.807, 2.05) is 0 Å². The van der Waals surface area contributed by atoms with Gasteiger partial charge in [-0.3, -0.25) is 0 Å². The van der Waals surface area contributed by atoms with Gasteiger partial charge in [-0.25, -0.2) is 0 Å². The van der Waals surface area contributed by atoms with Gasteiger partial charge in [0, 0.05) is 0 Å². The minimum Gasteiger partial charge on any atom is -0.168 e. The van der Waals surface area contributed by atoms with Gasteiger partial charge in [-0.1, -0.05) is 0 Å². The lowest BCUT2D eigenvalue weighted by atomic mass is 10.8. The molecule has 0 saturated heterocycles. The van der Waals surface area contributed by atoms with Crippen molar-refractivity contribution in [3.05, 3.63) is 0 Å². The Morgan fingerprint density at radius 2 is 1.57 bits per heavy atom. The second kappa shape index (κ2) is 2.13. The lowest BCUT2D eigenvalue weighted by Crippen LogP contribution is -2.16. The van der Waals surface area contributed by atoms with Crippen molar-refractivity contribution in [2.45, 2.75) is 10.9 Å². The van der Waals surface area contributed by atoms with Gasteiger partial charge < -0.3 is 0 Å². The highest BCUT2D eigenvalue weighted by Crippen LogP contribution is 2.26. The highest BCUT2D eigenvalue weighted by molar-refractivity contribution is 7.82. The van der Waals surface area contributed by atoms with E-state index in [1.54, 1.807) is 0 Å². The predicted octanol–water partition coefficient (Wildman–Crippen LogP) is 2.04. The molecule has 0 nitrogen and oxygen atoms in total. The second-order valence-corrected chi connectivity index (χ2v) is 2.13. The summed E-state index contributed by atoms with van der Waals surface area (Å²) in [6.45, 7) is 0. The SMILES string of the molecule is FC(F)(F)C(S)Cl. The highest BCUT2D eigenvalue weighted by Gasteiger charge is 2.35. The van der Waals surface area contributed by atoms with Crippen molar-refractivity contribution in [1.82, 2.24) is 0 Å². The molecule has 0 aromatic carbocycles. The molecule has 0 aliphatic heterocycles. The molecular weight excluding hydrogens is 149 g/mol. The van der Waals surface area contributed by atoms with Crippen LogP contribution in [-0.4, -0.2) is 10.9 Å². The minimum absolute atomic E-state index is 2.03. The molecular formula is C2H2ClF3S. The van der Waals surface area contributed by atoms with Gasteiger partial charge in [0.1, 0.15) is 0 Å². The first-order chi connectivity index (χ1) is 2.94. The average Bonchev–Trinajstić information content (AvgIpc) is 1.31. The molecule has 5 heteroatoms. The fourth-order valence-electron chi connectivity index (χ4n) is 0. The maximum atomic E-state index is 11.0. The van der Waals surface area contributed by atoms with E-state index in [0.717, 1.165) is 0 Å². The van der Waals surface area contributed by atoms with E-state index in [1.165, 1.54) is 0 Å². The summed E-state index contributed by atoms with van der Waals surface area (Å²) in [7, 11) is 0. The van der Waals surface area contributed by atoms with E-state index in [9.17, 15) is 13.2 Å². The van der Waals surface area contributed by atoms with Crippen molar-refractivity contribution in [2.24, 2.45) is 0 Å². The van der Waals surface area contributed by atoms with Crippen LogP contribution < -0.4 is 0 Å². The summed E-state index contributed by atoms with van der Waals surface area (Å²) in [6.07, 6.45) is -4.37. The van der Waals surface area contributed by atoms with Gasteiger partial charge in [-0.15, -0.1) is 11.6 Å². The van der Waals surface area contributed by atoms with Crippen molar-refractivity contribution in [1.29, 1.82) is 0 Å². The van der Waals surface area contributed by atoms with Gasteiger partial charge in [-0.05, 0) is 0 Å². The van der Waals surface area contributed by atoms with Gasteiger partial charge >= 0.3 is 6.18 Å². The molecule has 0 radical (unpaired) electrons. The molecule has 0 saturated carbocycles. The Hall–Kier alpha value is 0.430. The van der Waals surface area contributed by atoms with E-state index < -0.39 is 10.9 Å². The maximum Gasteiger partial charge on any atom is 0.413 e. The van der Waals surface area contributed by atoms with Crippen LogP contribution in [0.25, 0.3) is 0 Å². The van der Waals surface area contributed by atoms with E-state index in [2.05, 4.69) is 24.2 Å². The molecule has 0 rings (SSSR count). The standard InChI is InChI=1S/C2H2ClF3S/c3-1(7)2(4,5)6/h1,7H. The minimum atomic E-state index is -4.37. The van der Waals surface area contributed by atoms with Crippen LogP contribution in [0, 0.1) is 0 Å². The number of halogens is 4. The Kier molecular flexibility index (Phi) is 2.26. The van der Waals surface area contributed by atoms with Crippen molar-refractivity contribution < 1.29 is 13.2 Å². The summed E-state index contributed by atoms with van der Waals surface area (Å²) in [5, 5.41) is 0. The second-order valence-electron chi connectivity index (χ2n) is 0.877. The van der Waals surface area contributed by atoms with Crippen molar-refractivity contribution in [3.63, 3.8) is 0 Å². The number of alkyl halides is 4. The topological polar surface area (TPSA) is 0 Å². The van der Waals surface area contributed by atoms with Gasteiger partial charge in [-0.2, -0.15) is 25.8 Å². The third kappa shape index (κ3) is 3.05. The summed E-state index contributed by atoms with van der Waals surface area (Å²) in [6, 6.07) is 0. The highest BCUT2D eigenvalue weighted by atomic mass is 35.5. The summed E-state index contributed by atoms with van der Waals surface area (Å²) < 4.78 is 30.9. The van der Waals surface area contributed by atoms with Crippen LogP contribution >= 0.6 is 24.2 Å². The molecule has 0 aromatic heterocycles. The van der Waals surface area contributed by atoms with Crippen molar-refractivity contribution in [3.8, 4) is 0 Å². The molecule has 0 aliphatic carbocycles. The van der Waals surface area contributed by atoms with Gasteiger partial charge in [0.25, 0.3) is 0 Å². The van der Waals surface area contributed by atoms with Gasteiger partial charge in [0.15, 0.2) is 4.71 Å². The quantitative estimate of drug-likeness (QED) is 0.397. The fourth-order valence-corrected chi connectivity index (χ4v) is 0. The third-order valence-electron chi connectivity index (χ3n) is 0.270. The lowest BCUT2D eigenvalue weighted by molar-refractivity contribution is -0.113. The molecule has 0 aromatic rings. The lowest BCUT2D eigenvalue weighted by Gasteiger charge is -2.04. The smallest absolute Gasteiger partial charge is 0.168 e. The van der Waals surface area contributed by atoms with E-state index >= 15 is 0 Å². The Bertz CT molecular complexity index is 58.4. The summed E-state index contributed by atoms with van der Waals surface area (Å²) in [5.41, 5.74) is 0. The van der Waals surface area contributed by atoms with Crippen molar-refractivity contribution >= 4 is 24.2 Å². The van der Waals surface area contributed by atoms with E-state index in [-0.39, 0.29) is 0 Å². The molecule has 7 heavy (non-hydrogen) atoms. The van der Waals surface area contributed by atoms with Crippen LogP contribution in [0.2, 0.25) is 0 Å². The third-order valence-corrected chi connectivity index (χ3v) is 0.810. The molecule has 0 aliphatic rings. The Morgan fingerprint density at radius 1 is 1.43 bits per heavy atom. The van der Waals surface area contributed by atoms with Crippen LogP contribution in [0.15, 0.2) is 0 Å². The fraction of sp³-hybridized carbons (Fsp3) is 1.00. The van der Waals surface area contributed by atoms with Gasteiger partial charge in [0.2, 0.25) is 0 Å². The molecule has 0 N–H and O–H groups in total.